The fourth-order valence-electron chi connectivity index (χ4n) is 4.10. The molecule has 0 radical (unpaired) electrons. The topological polar surface area (TPSA) is 49.4 Å². The van der Waals surface area contributed by atoms with Gasteiger partial charge in [0.1, 0.15) is 6.04 Å². The lowest BCUT2D eigenvalue weighted by atomic mass is 10.0. The van der Waals surface area contributed by atoms with Crippen molar-refractivity contribution in [3.63, 3.8) is 0 Å². The standard InChI is InChI=1S/C30H35BrN2O2/c1-4-23-13-15-24(16-14-23)17-18-29(34)33(21-26-11-8-12-27(31)19-26)28(30(35)32-22(2)3)20-25-9-6-5-7-10-25/h5-16,19,22,28H,4,17-18,20-21H2,1-3H3,(H,32,35). The van der Waals surface area contributed by atoms with E-state index in [4.69, 9.17) is 0 Å². The van der Waals surface area contributed by atoms with E-state index in [9.17, 15) is 9.59 Å². The van der Waals surface area contributed by atoms with E-state index in [1.54, 1.807) is 4.90 Å². The second-order valence-corrected chi connectivity index (χ2v) is 10.1. The highest BCUT2D eigenvalue weighted by Gasteiger charge is 2.30. The van der Waals surface area contributed by atoms with Crippen molar-refractivity contribution in [3.8, 4) is 0 Å². The summed E-state index contributed by atoms with van der Waals surface area (Å²) in [5.41, 5.74) is 4.42. The molecule has 3 rings (SSSR count). The zero-order valence-corrected chi connectivity index (χ0v) is 22.4. The second-order valence-electron chi connectivity index (χ2n) is 9.19. The summed E-state index contributed by atoms with van der Waals surface area (Å²) in [6.07, 6.45) is 2.44. The number of nitrogens with zero attached hydrogens (tertiary/aromatic N) is 1. The monoisotopic (exact) mass is 534 g/mol. The molecule has 0 aliphatic carbocycles. The molecule has 184 valence electrons. The Hall–Kier alpha value is -2.92. The minimum absolute atomic E-state index is 0.0133. The molecule has 1 atom stereocenters. The predicted octanol–water partition coefficient (Wildman–Crippen LogP) is 6.11. The Morgan fingerprint density at radius 3 is 2.14 bits per heavy atom. The first-order valence-electron chi connectivity index (χ1n) is 12.3. The smallest absolute Gasteiger partial charge is 0.243 e. The van der Waals surface area contributed by atoms with E-state index in [-0.39, 0.29) is 17.9 Å². The van der Waals surface area contributed by atoms with Gasteiger partial charge >= 0.3 is 0 Å². The number of benzene rings is 3. The van der Waals surface area contributed by atoms with Gasteiger partial charge in [0.05, 0.1) is 0 Å². The van der Waals surface area contributed by atoms with Gasteiger partial charge in [0, 0.05) is 29.9 Å². The molecule has 0 bridgehead atoms. The molecule has 0 aliphatic heterocycles. The summed E-state index contributed by atoms with van der Waals surface area (Å²) in [7, 11) is 0. The van der Waals surface area contributed by atoms with Crippen molar-refractivity contribution in [2.75, 3.05) is 0 Å². The zero-order valence-electron chi connectivity index (χ0n) is 20.8. The third-order valence-corrected chi connectivity index (χ3v) is 6.50. The summed E-state index contributed by atoms with van der Waals surface area (Å²) in [6, 6.07) is 25.6. The molecule has 0 aliphatic rings. The van der Waals surface area contributed by atoms with Gasteiger partial charge in [0.2, 0.25) is 11.8 Å². The molecule has 5 heteroatoms. The summed E-state index contributed by atoms with van der Waals surface area (Å²) in [4.78, 5) is 28.8. The highest BCUT2D eigenvalue weighted by Crippen LogP contribution is 2.19. The van der Waals surface area contributed by atoms with Gasteiger partial charge in [0.25, 0.3) is 0 Å². The number of aryl methyl sites for hydroxylation is 2. The number of hydrogen-bond acceptors (Lipinski definition) is 2. The van der Waals surface area contributed by atoms with Crippen LogP contribution in [0.2, 0.25) is 0 Å². The average molecular weight is 536 g/mol. The van der Waals surface area contributed by atoms with E-state index < -0.39 is 6.04 Å². The number of rotatable bonds is 11. The highest BCUT2D eigenvalue weighted by molar-refractivity contribution is 9.10. The molecule has 1 N–H and O–H groups in total. The van der Waals surface area contributed by atoms with Gasteiger partial charge in [-0.05, 0) is 61.1 Å². The molecule has 0 saturated carbocycles. The van der Waals surface area contributed by atoms with E-state index in [1.165, 1.54) is 5.56 Å². The van der Waals surface area contributed by atoms with Crippen molar-refractivity contribution in [1.82, 2.24) is 10.2 Å². The van der Waals surface area contributed by atoms with E-state index >= 15 is 0 Å². The van der Waals surface area contributed by atoms with Gasteiger partial charge in [-0.25, -0.2) is 0 Å². The van der Waals surface area contributed by atoms with E-state index in [0.717, 1.165) is 27.6 Å². The molecular formula is C30H35BrN2O2. The number of halogens is 1. The number of nitrogens with one attached hydrogen (secondary N) is 1. The van der Waals surface area contributed by atoms with E-state index in [1.807, 2.05) is 68.4 Å². The van der Waals surface area contributed by atoms with Gasteiger partial charge < -0.3 is 10.2 Å². The Labute approximate surface area is 217 Å². The zero-order chi connectivity index (χ0) is 25.2. The van der Waals surface area contributed by atoms with Gasteiger partial charge in [0.15, 0.2) is 0 Å². The van der Waals surface area contributed by atoms with Crippen molar-refractivity contribution in [2.45, 2.75) is 65.1 Å². The molecule has 35 heavy (non-hydrogen) atoms. The van der Waals surface area contributed by atoms with Crippen LogP contribution < -0.4 is 5.32 Å². The van der Waals surface area contributed by atoms with Crippen molar-refractivity contribution in [3.05, 3.63) is 106 Å². The van der Waals surface area contributed by atoms with Gasteiger partial charge in [-0.1, -0.05) is 89.6 Å². The first kappa shape index (κ1) is 26.7. The molecule has 0 saturated heterocycles. The van der Waals surface area contributed by atoms with Crippen LogP contribution in [0.4, 0.5) is 0 Å². The number of hydrogen-bond donors (Lipinski definition) is 1. The van der Waals surface area contributed by atoms with Crippen LogP contribution in [0, 0.1) is 0 Å². The van der Waals surface area contributed by atoms with Crippen LogP contribution in [0.1, 0.15) is 49.4 Å². The normalized spacial score (nSPS) is 11.8. The third-order valence-electron chi connectivity index (χ3n) is 6.00. The Morgan fingerprint density at radius 1 is 0.857 bits per heavy atom. The van der Waals surface area contributed by atoms with Crippen LogP contribution in [0.15, 0.2) is 83.3 Å². The summed E-state index contributed by atoms with van der Waals surface area (Å²) < 4.78 is 0.949. The molecule has 4 nitrogen and oxygen atoms in total. The van der Waals surface area contributed by atoms with Gasteiger partial charge in [-0.2, -0.15) is 0 Å². The lowest BCUT2D eigenvalue weighted by Gasteiger charge is -2.32. The molecule has 0 fully saturated rings. The van der Waals surface area contributed by atoms with Gasteiger partial charge in [-0.3, -0.25) is 9.59 Å². The first-order chi connectivity index (χ1) is 16.9. The summed E-state index contributed by atoms with van der Waals surface area (Å²) in [5.74, 6) is -0.149. The highest BCUT2D eigenvalue weighted by atomic mass is 79.9. The fraction of sp³-hybridized carbons (Fsp3) is 0.333. The molecule has 0 aromatic heterocycles. The van der Waals surface area contributed by atoms with Crippen molar-refractivity contribution in [2.24, 2.45) is 0 Å². The van der Waals surface area contributed by atoms with E-state index in [0.29, 0.717) is 25.8 Å². The summed E-state index contributed by atoms with van der Waals surface area (Å²) in [6.45, 7) is 6.39. The molecule has 1 unspecified atom stereocenters. The number of carbonyl (C=O) groups excluding carboxylic acids is 2. The Morgan fingerprint density at radius 2 is 1.51 bits per heavy atom. The maximum atomic E-state index is 13.7. The van der Waals surface area contributed by atoms with Gasteiger partial charge in [-0.15, -0.1) is 0 Å². The fourth-order valence-corrected chi connectivity index (χ4v) is 4.55. The first-order valence-corrected chi connectivity index (χ1v) is 13.1. The molecule has 3 aromatic carbocycles. The lowest BCUT2D eigenvalue weighted by Crippen LogP contribution is -2.51. The quantitative estimate of drug-likeness (QED) is 0.322. The second kappa shape index (κ2) is 13.2. The van der Waals surface area contributed by atoms with Crippen molar-refractivity contribution < 1.29 is 9.59 Å². The van der Waals surface area contributed by atoms with Crippen LogP contribution in [0.25, 0.3) is 0 Å². The van der Waals surface area contributed by atoms with E-state index in [2.05, 4.69) is 52.4 Å². The van der Waals surface area contributed by atoms with Crippen LogP contribution in [0.3, 0.4) is 0 Å². The number of carbonyl (C=O) groups is 2. The third kappa shape index (κ3) is 8.36. The largest absolute Gasteiger partial charge is 0.352 e. The van der Waals surface area contributed by atoms with Crippen LogP contribution in [-0.2, 0) is 35.4 Å². The number of amides is 2. The Balaban J connectivity index is 1.88. The average Bonchev–Trinajstić information content (AvgIpc) is 2.85. The van der Waals surface area contributed by atoms with Crippen molar-refractivity contribution in [1.29, 1.82) is 0 Å². The maximum absolute atomic E-state index is 13.7. The Bertz CT molecular complexity index is 1100. The van der Waals surface area contributed by atoms with Crippen molar-refractivity contribution >= 4 is 27.7 Å². The molecule has 0 heterocycles. The Kier molecular flexibility index (Phi) is 10.1. The predicted molar refractivity (Wildman–Crippen MR) is 146 cm³/mol. The van der Waals surface area contributed by atoms with Crippen LogP contribution in [0.5, 0.6) is 0 Å². The molecule has 0 spiro atoms. The molecule has 2 amide bonds. The molecular weight excluding hydrogens is 500 g/mol. The van der Waals surface area contributed by atoms with Crippen LogP contribution in [-0.4, -0.2) is 28.8 Å². The summed E-state index contributed by atoms with van der Waals surface area (Å²) >= 11 is 3.53. The maximum Gasteiger partial charge on any atom is 0.243 e. The minimum atomic E-state index is -0.603. The SMILES string of the molecule is CCc1ccc(CCC(=O)N(Cc2cccc(Br)c2)C(Cc2ccccc2)C(=O)NC(C)C)cc1. The molecule has 3 aromatic rings. The lowest BCUT2D eigenvalue weighted by molar-refractivity contribution is -0.141. The summed E-state index contributed by atoms with van der Waals surface area (Å²) in [5, 5.41) is 3.04. The van der Waals surface area contributed by atoms with Crippen LogP contribution >= 0.6 is 15.9 Å². The minimum Gasteiger partial charge on any atom is -0.352 e.